The average Bonchev–Trinajstić information content (AvgIpc) is 2.33. The average molecular weight is 250 g/mol. The number of carbonyl (C=O) groups is 1. The highest BCUT2D eigenvalue weighted by molar-refractivity contribution is 5.81. The summed E-state index contributed by atoms with van der Waals surface area (Å²) in [7, 11) is 0. The second kappa shape index (κ2) is 10.2. The second-order valence-electron chi connectivity index (χ2n) is 3.57. The van der Waals surface area contributed by atoms with Crippen LogP contribution in [-0.4, -0.2) is 52.5 Å². The van der Waals surface area contributed by atoms with E-state index in [0.29, 0.717) is 6.42 Å². The van der Waals surface area contributed by atoms with E-state index in [9.17, 15) is 4.79 Å². The third-order valence-corrected chi connectivity index (χ3v) is 2.21. The molecule has 0 aromatic rings. The second-order valence-corrected chi connectivity index (χ2v) is 3.57. The molecule has 0 radical (unpaired) electrons. The van der Waals surface area contributed by atoms with Crippen LogP contribution < -0.4 is 0 Å². The monoisotopic (exact) mass is 250 g/mol. The minimum atomic E-state index is -1.04. The Bertz CT molecular complexity index is 192. The van der Waals surface area contributed by atoms with E-state index in [0.717, 1.165) is 6.08 Å². The molecule has 1 atom stereocenters. The number of aliphatic hydroxyl groups is 4. The van der Waals surface area contributed by atoms with Gasteiger partial charge in [-0.05, 0) is 13.3 Å². The molecule has 0 aliphatic carbocycles. The number of hydrogen-bond acceptors (Lipinski definition) is 6. The van der Waals surface area contributed by atoms with E-state index in [4.69, 9.17) is 20.4 Å². The fourth-order valence-corrected chi connectivity index (χ4v) is 0.702. The molecular weight excluding hydrogens is 228 g/mol. The van der Waals surface area contributed by atoms with E-state index in [1.54, 1.807) is 0 Å². The maximum Gasteiger partial charge on any atom is 0.332 e. The van der Waals surface area contributed by atoms with Crippen LogP contribution in [0.4, 0.5) is 0 Å². The Balaban J connectivity index is 0. The van der Waals surface area contributed by atoms with Crippen LogP contribution in [0.25, 0.3) is 0 Å². The summed E-state index contributed by atoms with van der Waals surface area (Å²) < 4.78 is 4.20. The Hall–Kier alpha value is -0.950. The minimum absolute atomic E-state index is 0.156. The number of carbonyl (C=O) groups excluding carboxylic acids is 1. The van der Waals surface area contributed by atoms with Crippen LogP contribution in [0.3, 0.4) is 0 Å². The molecule has 0 spiro atoms. The molecule has 0 aromatic carbocycles. The highest BCUT2D eigenvalue weighted by Crippen LogP contribution is 2.18. The number of hydrogen-bond donors (Lipinski definition) is 4. The zero-order valence-electron chi connectivity index (χ0n) is 10.3. The molecule has 0 saturated heterocycles. The summed E-state index contributed by atoms with van der Waals surface area (Å²) in [5.74, 6) is -0.611. The van der Waals surface area contributed by atoms with Crippen molar-refractivity contribution in [2.24, 2.45) is 5.41 Å². The first-order valence-corrected chi connectivity index (χ1v) is 5.25. The van der Waals surface area contributed by atoms with E-state index >= 15 is 0 Å². The van der Waals surface area contributed by atoms with Crippen molar-refractivity contribution in [1.82, 2.24) is 0 Å². The summed E-state index contributed by atoms with van der Waals surface area (Å²) in [5.41, 5.74) is -0.667. The van der Waals surface area contributed by atoms with Crippen LogP contribution in [0.5, 0.6) is 0 Å². The number of esters is 1. The van der Waals surface area contributed by atoms with E-state index in [1.165, 1.54) is 6.92 Å². The summed E-state index contributed by atoms with van der Waals surface area (Å²) in [6, 6.07) is 0. The van der Waals surface area contributed by atoms with Crippen molar-refractivity contribution >= 4 is 5.97 Å². The molecule has 102 valence electrons. The van der Waals surface area contributed by atoms with Crippen LogP contribution in [0.1, 0.15) is 20.3 Å². The van der Waals surface area contributed by atoms with Crippen LogP contribution in [0, 0.1) is 5.41 Å². The van der Waals surface area contributed by atoms with Crippen molar-refractivity contribution in [3.63, 3.8) is 0 Å². The topological polar surface area (TPSA) is 107 Å². The molecule has 4 N–H and O–H groups in total. The van der Waals surface area contributed by atoms with E-state index in [1.807, 2.05) is 6.92 Å². The molecule has 0 fully saturated rings. The molecule has 6 nitrogen and oxygen atoms in total. The first-order valence-electron chi connectivity index (χ1n) is 5.25. The van der Waals surface area contributed by atoms with E-state index < -0.39 is 17.7 Å². The number of ether oxygens (including phenoxy) is 1. The normalized spacial score (nSPS) is 12.1. The van der Waals surface area contributed by atoms with Crippen LogP contribution in [0.2, 0.25) is 0 Å². The lowest BCUT2D eigenvalue weighted by molar-refractivity contribution is -0.158. The van der Waals surface area contributed by atoms with Gasteiger partial charge in [0, 0.05) is 11.5 Å². The van der Waals surface area contributed by atoms with Gasteiger partial charge in [0.05, 0.1) is 19.8 Å². The zero-order chi connectivity index (χ0) is 13.9. The van der Waals surface area contributed by atoms with Gasteiger partial charge < -0.3 is 25.2 Å². The molecule has 0 amide bonds. The Morgan fingerprint density at radius 1 is 1.35 bits per heavy atom. The maximum atomic E-state index is 10.1. The SMILES string of the molecule is C=CC(=O)OC(C)O.CCC(CO)(CO)CO. The minimum Gasteiger partial charge on any atom is -0.433 e. The molecule has 1 unspecified atom stereocenters. The van der Waals surface area contributed by atoms with Crippen LogP contribution >= 0.6 is 0 Å². The highest BCUT2D eigenvalue weighted by atomic mass is 16.6. The van der Waals surface area contributed by atoms with Gasteiger partial charge in [0.1, 0.15) is 0 Å². The molecule has 0 rings (SSSR count). The Labute approximate surface area is 101 Å². The van der Waals surface area contributed by atoms with Gasteiger partial charge in [-0.1, -0.05) is 13.5 Å². The van der Waals surface area contributed by atoms with Crippen LogP contribution in [-0.2, 0) is 9.53 Å². The third-order valence-electron chi connectivity index (χ3n) is 2.21. The molecule has 0 bridgehead atoms. The first kappa shape index (κ1) is 18.4. The van der Waals surface area contributed by atoms with Crippen molar-refractivity contribution < 1.29 is 30.0 Å². The van der Waals surface area contributed by atoms with Crippen molar-refractivity contribution in [1.29, 1.82) is 0 Å². The lowest BCUT2D eigenvalue weighted by Gasteiger charge is -2.24. The molecule has 6 heteroatoms. The predicted molar refractivity (Wildman–Crippen MR) is 62.0 cm³/mol. The summed E-state index contributed by atoms with van der Waals surface area (Å²) in [6.07, 6.45) is 0.545. The molecule has 0 aliphatic rings. The predicted octanol–water partition coefficient (Wildman–Crippen LogP) is -0.586. The van der Waals surface area contributed by atoms with Crippen molar-refractivity contribution in [2.45, 2.75) is 26.6 Å². The van der Waals surface area contributed by atoms with Crippen molar-refractivity contribution in [3.8, 4) is 0 Å². The van der Waals surface area contributed by atoms with Gasteiger partial charge in [0.15, 0.2) is 6.29 Å². The van der Waals surface area contributed by atoms with E-state index in [2.05, 4.69) is 11.3 Å². The molecule has 0 heterocycles. The van der Waals surface area contributed by atoms with Gasteiger partial charge in [0.25, 0.3) is 0 Å². The van der Waals surface area contributed by atoms with Gasteiger partial charge in [-0.25, -0.2) is 4.79 Å². The van der Waals surface area contributed by atoms with E-state index in [-0.39, 0.29) is 19.8 Å². The van der Waals surface area contributed by atoms with Crippen molar-refractivity contribution in [2.75, 3.05) is 19.8 Å². The standard InChI is InChI=1S/C6H14O3.C5H8O3/c1-2-6(3-7,4-8)5-9;1-3-5(7)8-4(2)6/h7-9H,2-5H2,1H3;3-4,6H,1H2,2H3. The summed E-state index contributed by atoms with van der Waals surface area (Å²) >= 11 is 0. The Kier molecular flexibility index (Phi) is 11.1. The number of aliphatic hydroxyl groups excluding tert-OH is 4. The fraction of sp³-hybridized carbons (Fsp3) is 0.727. The molecule has 0 saturated carbocycles. The fourth-order valence-electron chi connectivity index (χ4n) is 0.702. The van der Waals surface area contributed by atoms with Crippen molar-refractivity contribution in [3.05, 3.63) is 12.7 Å². The lowest BCUT2D eigenvalue weighted by atomic mass is 9.88. The maximum absolute atomic E-state index is 10.1. The quantitative estimate of drug-likeness (QED) is 0.285. The molecular formula is C11H22O6. The lowest BCUT2D eigenvalue weighted by Crippen LogP contribution is -2.32. The zero-order valence-corrected chi connectivity index (χ0v) is 10.3. The molecule has 17 heavy (non-hydrogen) atoms. The summed E-state index contributed by atoms with van der Waals surface area (Å²) in [5, 5.41) is 34.3. The molecule has 0 aliphatic heterocycles. The highest BCUT2D eigenvalue weighted by Gasteiger charge is 2.24. The smallest absolute Gasteiger partial charge is 0.332 e. The first-order chi connectivity index (χ1) is 7.91. The molecule has 0 aromatic heterocycles. The van der Waals surface area contributed by atoms with Gasteiger partial charge in [-0.3, -0.25) is 0 Å². The number of rotatable bonds is 6. The largest absolute Gasteiger partial charge is 0.433 e. The summed E-state index contributed by atoms with van der Waals surface area (Å²) in [4.78, 5) is 10.1. The summed E-state index contributed by atoms with van der Waals surface area (Å²) in [6.45, 7) is 5.83. The Morgan fingerprint density at radius 2 is 1.76 bits per heavy atom. The van der Waals surface area contributed by atoms with Gasteiger partial charge in [0.2, 0.25) is 0 Å². The third kappa shape index (κ3) is 8.82. The van der Waals surface area contributed by atoms with Crippen LogP contribution in [0.15, 0.2) is 12.7 Å². The Morgan fingerprint density at radius 3 is 1.82 bits per heavy atom. The van der Waals surface area contributed by atoms with Gasteiger partial charge in [-0.2, -0.15) is 0 Å². The van der Waals surface area contributed by atoms with Gasteiger partial charge >= 0.3 is 5.97 Å². The van der Waals surface area contributed by atoms with Gasteiger partial charge in [-0.15, -0.1) is 0 Å².